The van der Waals surface area contributed by atoms with Crippen LogP contribution >= 0.6 is 0 Å². The van der Waals surface area contributed by atoms with E-state index in [2.05, 4.69) is 10.6 Å². The van der Waals surface area contributed by atoms with Gasteiger partial charge in [-0.1, -0.05) is 54.6 Å². The molecule has 0 spiro atoms. The molecule has 2 amide bonds. The minimum atomic E-state index is -0.922. The zero-order valence-corrected chi connectivity index (χ0v) is 28.0. The average Bonchev–Trinajstić information content (AvgIpc) is 3.59. The van der Waals surface area contributed by atoms with Crippen molar-refractivity contribution in [3.05, 3.63) is 95.6 Å². The summed E-state index contributed by atoms with van der Waals surface area (Å²) in [5.74, 6) is 0.329. The fourth-order valence-corrected chi connectivity index (χ4v) is 6.71. The number of aliphatic hydroxyl groups is 3. The molecule has 5 rings (SSSR count). The van der Waals surface area contributed by atoms with Crippen LogP contribution in [0.25, 0.3) is 0 Å². The summed E-state index contributed by atoms with van der Waals surface area (Å²) in [5.41, 5.74) is 2.36. The Hall–Kier alpha value is -3.96. The lowest BCUT2D eigenvalue weighted by atomic mass is 9.91. The molecular weight excluding hydrogens is 610 g/mol. The van der Waals surface area contributed by atoms with E-state index in [1.165, 1.54) is 0 Å². The van der Waals surface area contributed by atoms with Crippen LogP contribution in [-0.2, 0) is 22.4 Å². The van der Waals surface area contributed by atoms with Gasteiger partial charge in [-0.2, -0.15) is 0 Å². The minimum absolute atomic E-state index is 0.0904. The van der Waals surface area contributed by atoms with E-state index in [1.807, 2.05) is 92.4 Å². The summed E-state index contributed by atoms with van der Waals surface area (Å²) in [7, 11) is 0. The molecule has 6 atom stereocenters. The van der Waals surface area contributed by atoms with Gasteiger partial charge in [-0.15, -0.1) is 0 Å². The largest absolute Gasteiger partial charge is 0.491 e. The van der Waals surface area contributed by atoms with Crippen molar-refractivity contribution in [3.8, 4) is 11.5 Å². The van der Waals surface area contributed by atoms with E-state index in [0.717, 1.165) is 22.4 Å². The predicted octanol–water partition coefficient (Wildman–Crippen LogP) is 3.18. The van der Waals surface area contributed by atoms with Gasteiger partial charge in [0.05, 0.1) is 30.9 Å². The van der Waals surface area contributed by atoms with E-state index in [9.17, 15) is 19.8 Å². The Kier molecular flexibility index (Phi) is 11.8. The number of carbonyl (C=O) groups is 2. The van der Waals surface area contributed by atoms with Gasteiger partial charge in [0.25, 0.3) is 0 Å². The molecule has 1 saturated heterocycles. The molecule has 10 nitrogen and oxygen atoms in total. The van der Waals surface area contributed by atoms with E-state index in [0.29, 0.717) is 31.6 Å². The number of β-amino-alcohol motifs (C(OH)–C–C–N with tert-alkyl or cyclic N) is 1. The third-order valence-corrected chi connectivity index (χ3v) is 8.85. The Morgan fingerprint density at radius 1 is 0.979 bits per heavy atom. The average molecular weight is 660 g/mol. The number of para-hydroxylation sites is 1. The maximum Gasteiger partial charge on any atom is 0.237 e. The SMILES string of the molecule is CC(C)(C)NC(=O)C1C[C@H](Oc2ccccc2)CN1C[C@@H](O)C[C@@H](Cc1ccc(OCCO)cc1)C(=O)N[C@H]1c2ccccc2C[C@H]1O. The molecule has 1 aliphatic carbocycles. The summed E-state index contributed by atoms with van der Waals surface area (Å²) >= 11 is 0. The van der Waals surface area contributed by atoms with Gasteiger partial charge in [-0.3, -0.25) is 14.5 Å². The van der Waals surface area contributed by atoms with Crippen molar-refractivity contribution in [2.24, 2.45) is 5.92 Å². The first-order valence-electron chi connectivity index (χ1n) is 16.8. The summed E-state index contributed by atoms with van der Waals surface area (Å²) in [5, 5.41) is 37.6. The van der Waals surface area contributed by atoms with Crippen LogP contribution in [0.2, 0.25) is 0 Å². The number of benzene rings is 3. The number of nitrogens with zero attached hydrogens (tertiary/aromatic N) is 1. The fraction of sp³-hybridized carbons (Fsp3) is 0.474. The first-order valence-corrected chi connectivity index (χ1v) is 16.8. The van der Waals surface area contributed by atoms with Crippen LogP contribution in [-0.4, -0.2) is 88.2 Å². The van der Waals surface area contributed by atoms with Crippen LogP contribution in [0.5, 0.6) is 11.5 Å². The van der Waals surface area contributed by atoms with Crippen molar-refractivity contribution < 1.29 is 34.4 Å². The smallest absolute Gasteiger partial charge is 0.237 e. The molecule has 1 unspecified atom stereocenters. The summed E-state index contributed by atoms with van der Waals surface area (Å²) in [6, 6.07) is 23.5. The molecule has 0 saturated carbocycles. The number of ether oxygens (including phenoxy) is 2. The molecule has 1 aliphatic heterocycles. The maximum absolute atomic E-state index is 13.9. The van der Waals surface area contributed by atoms with Crippen molar-refractivity contribution in [3.63, 3.8) is 0 Å². The highest BCUT2D eigenvalue weighted by molar-refractivity contribution is 5.83. The van der Waals surface area contributed by atoms with Gasteiger partial charge < -0.3 is 35.4 Å². The van der Waals surface area contributed by atoms with E-state index in [4.69, 9.17) is 14.6 Å². The number of rotatable bonds is 14. The zero-order chi connectivity index (χ0) is 34.3. The van der Waals surface area contributed by atoms with Crippen molar-refractivity contribution in [2.75, 3.05) is 26.3 Å². The molecule has 3 aromatic rings. The van der Waals surface area contributed by atoms with Gasteiger partial charge in [0, 0.05) is 37.4 Å². The lowest BCUT2D eigenvalue weighted by Gasteiger charge is -2.30. The number of carbonyl (C=O) groups excluding carboxylic acids is 2. The topological polar surface area (TPSA) is 141 Å². The molecule has 0 bridgehead atoms. The van der Waals surface area contributed by atoms with Crippen LogP contribution in [0.4, 0.5) is 0 Å². The molecule has 10 heteroatoms. The van der Waals surface area contributed by atoms with Crippen LogP contribution in [0.3, 0.4) is 0 Å². The normalized spacial score (nSPS) is 22.0. The van der Waals surface area contributed by atoms with Crippen LogP contribution in [0.15, 0.2) is 78.9 Å². The van der Waals surface area contributed by atoms with E-state index in [-0.39, 0.29) is 44.1 Å². The van der Waals surface area contributed by atoms with Crippen molar-refractivity contribution >= 4 is 11.8 Å². The Labute approximate surface area is 283 Å². The Balaban J connectivity index is 1.31. The molecule has 2 aliphatic rings. The highest BCUT2D eigenvalue weighted by Gasteiger charge is 2.40. The molecule has 0 aromatic heterocycles. The fourth-order valence-electron chi connectivity index (χ4n) is 6.71. The lowest BCUT2D eigenvalue weighted by molar-refractivity contribution is -0.129. The molecule has 1 heterocycles. The number of aliphatic hydroxyl groups excluding tert-OH is 3. The number of hydrogen-bond acceptors (Lipinski definition) is 8. The monoisotopic (exact) mass is 659 g/mol. The number of fused-ring (bicyclic) bond motifs is 1. The van der Waals surface area contributed by atoms with Gasteiger partial charge in [0.15, 0.2) is 0 Å². The van der Waals surface area contributed by atoms with Gasteiger partial charge in [0.2, 0.25) is 11.8 Å². The number of amides is 2. The first-order chi connectivity index (χ1) is 23.0. The second kappa shape index (κ2) is 16.0. The highest BCUT2D eigenvalue weighted by Crippen LogP contribution is 2.32. The number of hydrogen-bond donors (Lipinski definition) is 5. The van der Waals surface area contributed by atoms with Crippen molar-refractivity contribution in [1.29, 1.82) is 0 Å². The van der Waals surface area contributed by atoms with Crippen molar-refractivity contribution in [2.45, 2.75) is 82.4 Å². The second-order valence-corrected chi connectivity index (χ2v) is 14.0. The third kappa shape index (κ3) is 9.56. The third-order valence-electron chi connectivity index (χ3n) is 8.85. The summed E-state index contributed by atoms with van der Waals surface area (Å²) in [6.45, 7) is 6.54. The Morgan fingerprint density at radius 3 is 2.40 bits per heavy atom. The summed E-state index contributed by atoms with van der Waals surface area (Å²) in [4.78, 5) is 29.3. The van der Waals surface area contributed by atoms with Gasteiger partial charge in [0.1, 0.15) is 24.2 Å². The van der Waals surface area contributed by atoms with Gasteiger partial charge >= 0.3 is 0 Å². The maximum atomic E-state index is 13.9. The van der Waals surface area contributed by atoms with E-state index >= 15 is 0 Å². The minimum Gasteiger partial charge on any atom is -0.491 e. The Morgan fingerprint density at radius 2 is 1.69 bits per heavy atom. The molecule has 3 aromatic carbocycles. The Bertz CT molecular complexity index is 1490. The summed E-state index contributed by atoms with van der Waals surface area (Å²) < 4.78 is 11.7. The highest BCUT2D eigenvalue weighted by atomic mass is 16.5. The van der Waals surface area contributed by atoms with Crippen molar-refractivity contribution in [1.82, 2.24) is 15.5 Å². The molecule has 48 heavy (non-hydrogen) atoms. The first kappa shape index (κ1) is 35.3. The number of likely N-dealkylation sites (tertiary alicyclic amines) is 1. The zero-order valence-electron chi connectivity index (χ0n) is 28.0. The summed E-state index contributed by atoms with van der Waals surface area (Å²) in [6.07, 6.45) is -0.485. The second-order valence-electron chi connectivity index (χ2n) is 14.0. The molecule has 1 fully saturated rings. The van der Waals surface area contributed by atoms with Gasteiger partial charge in [-0.05, 0) is 74.6 Å². The van der Waals surface area contributed by atoms with E-state index in [1.54, 1.807) is 12.1 Å². The van der Waals surface area contributed by atoms with Crippen LogP contribution < -0.4 is 20.1 Å². The van der Waals surface area contributed by atoms with Crippen LogP contribution in [0.1, 0.15) is 56.3 Å². The molecule has 0 radical (unpaired) electrons. The molecular formula is C38H49N3O7. The van der Waals surface area contributed by atoms with Gasteiger partial charge in [-0.25, -0.2) is 0 Å². The van der Waals surface area contributed by atoms with Crippen LogP contribution in [0, 0.1) is 5.92 Å². The quantitative estimate of drug-likeness (QED) is 0.178. The molecule has 258 valence electrons. The predicted molar refractivity (Wildman–Crippen MR) is 183 cm³/mol. The molecule has 5 N–H and O–H groups in total. The standard InChI is InChI=1S/C38H49N3O7/c1-38(2,3)40-37(46)33-22-31(48-30-10-5-4-6-11-30)24-41(33)23-28(43)20-27(19-25-13-15-29(16-14-25)47-18-17-42)36(45)39-35-32-12-8-7-9-26(32)21-34(35)44/h4-16,27-28,31,33-35,42-44H,17-24H2,1-3H3,(H,39,45)(H,40,46)/t27-,28+,31+,33?,34-,35+/m1/s1. The van der Waals surface area contributed by atoms with E-state index < -0.39 is 35.7 Å². The lowest BCUT2D eigenvalue weighted by Crippen LogP contribution is -2.51. The number of nitrogens with one attached hydrogen (secondary N) is 2.